The maximum Gasteiger partial charge on any atom is 0.239 e. The van der Waals surface area contributed by atoms with Crippen LogP contribution in [0.15, 0.2) is 0 Å². The van der Waals surface area contributed by atoms with E-state index in [0.717, 1.165) is 6.54 Å². The minimum Gasteiger partial charge on any atom is -0.363 e. The molecule has 0 unspecified atom stereocenters. The lowest BCUT2D eigenvalue weighted by Gasteiger charge is -2.06. The summed E-state index contributed by atoms with van der Waals surface area (Å²) >= 11 is 4.82. The highest BCUT2D eigenvalue weighted by atomic mass is 32.1. The van der Waals surface area contributed by atoms with Gasteiger partial charge in [-0.1, -0.05) is 0 Å². The molecule has 4 nitrogen and oxygen atoms in total. The molecular formula is C6H13N3OS. The smallest absolute Gasteiger partial charge is 0.239 e. The molecule has 0 aromatic rings. The zero-order chi connectivity index (χ0) is 8.69. The summed E-state index contributed by atoms with van der Waals surface area (Å²) in [6.07, 6.45) is 0. The topological polar surface area (TPSA) is 53.2 Å². The van der Waals surface area contributed by atoms with Crippen LogP contribution < -0.4 is 16.0 Å². The third-order valence-electron chi connectivity index (χ3n) is 1.03. The van der Waals surface area contributed by atoms with E-state index in [2.05, 4.69) is 16.0 Å². The number of nitrogens with one attached hydrogen (secondary N) is 3. The van der Waals surface area contributed by atoms with Crippen molar-refractivity contribution in [3.05, 3.63) is 0 Å². The minimum absolute atomic E-state index is 0.0785. The van der Waals surface area contributed by atoms with Crippen LogP contribution in [0.1, 0.15) is 6.92 Å². The Morgan fingerprint density at radius 1 is 1.45 bits per heavy atom. The van der Waals surface area contributed by atoms with E-state index in [1.165, 1.54) is 0 Å². The van der Waals surface area contributed by atoms with Crippen molar-refractivity contribution in [3.8, 4) is 0 Å². The van der Waals surface area contributed by atoms with Crippen LogP contribution >= 0.6 is 12.2 Å². The van der Waals surface area contributed by atoms with E-state index in [1.54, 1.807) is 7.05 Å². The fourth-order valence-electron chi connectivity index (χ4n) is 0.472. The van der Waals surface area contributed by atoms with Crippen molar-refractivity contribution in [2.24, 2.45) is 0 Å². The summed E-state index contributed by atoms with van der Waals surface area (Å²) in [6.45, 7) is 2.93. The largest absolute Gasteiger partial charge is 0.363 e. The molecule has 5 heteroatoms. The van der Waals surface area contributed by atoms with Gasteiger partial charge < -0.3 is 16.0 Å². The van der Waals surface area contributed by atoms with Gasteiger partial charge in [-0.15, -0.1) is 0 Å². The van der Waals surface area contributed by atoms with Crippen molar-refractivity contribution in [2.75, 3.05) is 20.1 Å². The molecule has 0 atom stereocenters. The minimum atomic E-state index is -0.0785. The standard InChI is InChI=1S/C6H13N3OS/c1-3-8-6(11)9-4-5(10)7-2/h3-4H2,1-2H3,(H,7,10)(H2,8,9,11). The van der Waals surface area contributed by atoms with Crippen LogP contribution in [-0.2, 0) is 4.79 Å². The summed E-state index contributed by atoms with van der Waals surface area (Å²) in [5, 5.41) is 8.59. The van der Waals surface area contributed by atoms with Crippen molar-refractivity contribution < 1.29 is 4.79 Å². The molecule has 0 radical (unpaired) electrons. The number of hydrogen-bond donors (Lipinski definition) is 3. The van der Waals surface area contributed by atoms with Crippen molar-refractivity contribution in [2.45, 2.75) is 6.92 Å². The molecule has 0 aliphatic carbocycles. The Balaban J connectivity index is 3.38. The monoisotopic (exact) mass is 175 g/mol. The third kappa shape index (κ3) is 5.60. The second-order valence-electron chi connectivity index (χ2n) is 1.89. The quantitative estimate of drug-likeness (QED) is 0.492. The first-order valence-corrected chi connectivity index (χ1v) is 3.83. The molecule has 1 amide bonds. The molecule has 0 fully saturated rings. The van der Waals surface area contributed by atoms with E-state index >= 15 is 0 Å². The van der Waals surface area contributed by atoms with E-state index in [0.29, 0.717) is 5.11 Å². The number of carbonyl (C=O) groups is 1. The van der Waals surface area contributed by atoms with Crippen LogP contribution in [0.5, 0.6) is 0 Å². The zero-order valence-corrected chi connectivity index (χ0v) is 7.55. The molecule has 0 aromatic heterocycles. The maximum atomic E-state index is 10.7. The highest BCUT2D eigenvalue weighted by molar-refractivity contribution is 7.80. The van der Waals surface area contributed by atoms with Gasteiger partial charge in [0.1, 0.15) is 0 Å². The van der Waals surface area contributed by atoms with Gasteiger partial charge >= 0.3 is 0 Å². The van der Waals surface area contributed by atoms with Crippen LogP contribution in [0.4, 0.5) is 0 Å². The van der Waals surface area contributed by atoms with Gasteiger partial charge in [0.15, 0.2) is 5.11 Å². The molecule has 3 N–H and O–H groups in total. The highest BCUT2D eigenvalue weighted by Crippen LogP contribution is 1.66. The summed E-state index contributed by atoms with van der Waals surface area (Å²) in [7, 11) is 1.58. The lowest BCUT2D eigenvalue weighted by atomic mass is 10.6. The van der Waals surface area contributed by atoms with E-state index in [1.807, 2.05) is 6.92 Å². The fourth-order valence-corrected chi connectivity index (χ4v) is 0.689. The number of thiocarbonyl (C=S) groups is 1. The van der Waals surface area contributed by atoms with E-state index in [4.69, 9.17) is 12.2 Å². The molecule has 0 aromatic carbocycles. The molecule has 0 saturated carbocycles. The Hall–Kier alpha value is -0.840. The molecule has 0 saturated heterocycles. The van der Waals surface area contributed by atoms with Crippen LogP contribution in [0, 0.1) is 0 Å². The lowest BCUT2D eigenvalue weighted by molar-refractivity contribution is -0.119. The Labute approximate surface area is 71.7 Å². The highest BCUT2D eigenvalue weighted by Gasteiger charge is 1.97. The molecule has 64 valence electrons. The third-order valence-corrected chi connectivity index (χ3v) is 1.31. The van der Waals surface area contributed by atoms with E-state index in [-0.39, 0.29) is 12.5 Å². The average Bonchev–Trinajstić information content (AvgIpc) is 2.01. The average molecular weight is 175 g/mol. The van der Waals surface area contributed by atoms with Gasteiger partial charge in [0.25, 0.3) is 0 Å². The molecule has 0 bridgehead atoms. The van der Waals surface area contributed by atoms with Gasteiger partial charge in [-0.3, -0.25) is 4.79 Å². The van der Waals surface area contributed by atoms with E-state index < -0.39 is 0 Å². The number of amides is 1. The Kier molecular flexibility index (Phi) is 5.46. The number of hydrogen-bond acceptors (Lipinski definition) is 2. The summed E-state index contributed by atoms with van der Waals surface area (Å²) < 4.78 is 0. The Morgan fingerprint density at radius 2 is 2.09 bits per heavy atom. The predicted molar refractivity (Wildman–Crippen MR) is 48.3 cm³/mol. The lowest BCUT2D eigenvalue weighted by Crippen LogP contribution is -2.40. The van der Waals surface area contributed by atoms with Crippen molar-refractivity contribution in [1.29, 1.82) is 0 Å². The van der Waals surface area contributed by atoms with Gasteiger partial charge in [0, 0.05) is 13.6 Å². The molecule has 11 heavy (non-hydrogen) atoms. The second-order valence-corrected chi connectivity index (χ2v) is 2.29. The van der Waals surface area contributed by atoms with Crippen LogP contribution in [0.25, 0.3) is 0 Å². The molecule has 0 rings (SSSR count). The molecule has 0 aliphatic heterocycles. The Bertz CT molecular complexity index is 149. The van der Waals surface area contributed by atoms with Gasteiger partial charge in [-0.2, -0.15) is 0 Å². The van der Waals surface area contributed by atoms with E-state index in [9.17, 15) is 4.79 Å². The van der Waals surface area contributed by atoms with Crippen LogP contribution in [-0.4, -0.2) is 31.2 Å². The first-order valence-electron chi connectivity index (χ1n) is 3.43. The normalized spacial score (nSPS) is 8.55. The van der Waals surface area contributed by atoms with Crippen molar-refractivity contribution in [1.82, 2.24) is 16.0 Å². The van der Waals surface area contributed by atoms with Gasteiger partial charge in [0.2, 0.25) is 5.91 Å². The van der Waals surface area contributed by atoms with Crippen LogP contribution in [0.3, 0.4) is 0 Å². The summed E-state index contributed by atoms with van der Waals surface area (Å²) in [5.74, 6) is -0.0785. The molecular weight excluding hydrogens is 162 g/mol. The van der Waals surface area contributed by atoms with Crippen molar-refractivity contribution in [3.63, 3.8) is 0 Å². The molecule has 0 heterocycles. The van der Waals surface area contributed by atoms with Gasteiger partial charge in [-0.05, 0) is 19.1 Å². The van der Waals surface area contributed by atoms with Gasteiger partial charge in [0.05, 0.1) is 6.54 Å². The first kappa shape index (κ1) is 10.2. The first-order chi connectivity index (χ1) is 5.20. The number of likely N-dealkylation sites (N-methyl/N-ethyl adjacent to an activating group) is 1. The molecule has 0 aliphatic rings. The molecule has 0 spiro atoms. The number of carbonyl (C=O) groups excluding carboxylic acids is 1. The summed E-state index contributed by atoms with van der Waals surface area (Å²) in [4.78, 5) is 10.7. The number of rotatable bonds is 3. The Morgan fingerprint density at radius 3 is 2.55 bits per heavy atom. The van der Waals surface area contributed by atoms with Crippen molar-refractivity contribution >= 4 is 23.2 Å². The van der Waals surface area contributed by atoms with Crippen LogP contribution in [0.2, 0.25) is 0 Å². The predicted octanol–water partition coefficient (Wildman–Crippen LogP) is -0.784. The SMILES string of the molecule is CCNC(=S)NCC(=O)NC. The second kappa shape index (κ2) is 5.91. The maximum absolute atomic E-state index is 10.7. The fraction of sp³-hybridized carbons (Fsp3) is 0.667. The summed E-state index contributed by atoms with van der Waals surface area (Å²) in [5.41, 5.74) is 0. The summed E-state index contributed by atoms with van der Waals surface area (Å²) in [6, 6.07) is 0. The van der Waals surface area contributed by atoms with Gasteiger partial charge in [-0.25, -0.2) is 0 Å². The zero-order valence-electron chi connectivity index (χ0n) is 6.73.